The van der Waals surface area contributed by atoms with Crippen LogP contribution < -0.4 is 0 Å². The average Bonchev–Trinajstić information content (AvgIpc) is 1.65. The van der Waals surface area contributed by atoms with Crippen molar-refractivity contribution in [2.75, 3.05) is 5.88 Å². The lowest BCUT2D eigenvalue weighted by Crippen LogP contribution is -1.83. The molecule has 3 heteroatoms. The molecule has 56 valence electrons. The van der Waals surface area contributed by atoms with Gasteiger partial charge in [-0.1, -0.05) is 13.8 Å². The fraction of sp³-hybridized carbons (Fsp3) is 0.833. The number of hydrogen-bond acceptors (Lipinski definition) is 1. The summed E-state index contributed by atoms with van der Waals surface area (Å²) in [5.41, 5.74) is 0. The van der Waals surface area contributed by atoms with E-state index in [9.17, 15) is 0 Å². The topological polar surface area (TPSA) is 37.3 Å². The molecule has 0 aliphatic rings. The maximum atomic E-state index is 9.00. The number of rotatable bonds is 1. The van der Waals surface area contributed by atoms with E-state index in [1.54, 1.807) is 0 Å². The Morgan fingerprint density at radius 3 is 1.78 bits per heavy atom. The van der Waals surface area contributed by atoms with Crippen LogP contribution in [0.1, 0.15) is 20.8 Å². The van der Waals surface area contributed by atoms with Crippen LogP contribution in [0.2, 0.25) is 0 Å². The quantitative estimate of drug-likeness (QED) is 0.584. The normalized spacial score (nSPS) is 8.11. The zero-order valence-corrected chi connectivity index (χ0v) is 6.77. The standard InChI is InChI=1S/C4H9Cl.C2H4O2/c1-4(2)3-5;1-2(3)4/h4H,3H2,1-2H3;1H3,(H,3,4). The molecular weight excluding hydrogens is 140 g/mol. The summed E-state index contributed by atoms with van der Waals surface area (Å²) in [7, 11) is 0. The van der Waals surface area contributed by atoms with E-state index in [0.717, 1.165) is 12.8 Å². The summed E-state index contributed by atoms with van der Waals surface area (Å²) < 4.78 is 0. The first-order valence-electron chi connectivity index (χ1n) is 2.76. The van der Waals surface area contributed by atoms with E-state index in [1.807, 2.05) is 0 Å². The molecular formula is C6H13ClO2. The van der Waals surface area contributed by atoms with Crippen LogP contribution in [0.3, 0.4) is 0 Å². The van der Waals surface area contributed by atoms with Gasteiger partial charge < -0.3 is 5.11 Å². The number of alkyl halides is 1. The number of halogens is 1. The molecule has 0 rings (SSSR count). The lowest BCUT2D eigenvalue weighted by Gasteiger charge is -1.88. The van der Waals surface area contributed by atoms with Crippen LogP contribution in [-0.2, 0) is 4.79 Å². The summed E-state index contributed by atoms with van der Waals surface area (Å²) in [6.45, 7) is 5.26. The first-order valence-corrected chi connectivity index (χ1v) is 3.29. The van der Waals surface area contributed by atoms with Gasteiger partial charge in [0.05, 0.1) is 0 Å². The molecule has 0 atom stereocenters. The summed E-state index contributed by atoms with van der Waals surface area (Å²) in [6, 6.07) is 0. The molecule has 0 saturated carbocycles. The summed E-state index contributed by atoms with van der Waals surface area (Å²) in [6.07, 6.45) is 0. The molecule has 0 spiro atoms. The van der Waals surface area contributed by atoms with Gasteiger partial charge in [0.15, 0.2) is 0 Å². The molecule has 0 radical (unpaired) electrons. The van der Waals surface area contributed by atoms with Gasteiger partial charge in [-0.3, -0.25) is 4.79 Å². The molecule has 0 aliphatic heterocycles. The third-order valence-electron chi connectivity index (χ3n) is 0.309. The van der Waals surface area contributed by atoms with Crippen molar-refractivity contribution in [3.05, 3.63) is 0 Å². The van der Waals surface area contributed by atoms with E-state index in [2.05, 4.69) is 13.8 Å². The number of hydrogen-bond donors (Lipinski definition) is 1. The van der Waals surface area contributed by atoms with Gasteiger partial charge in [-0.2, -0.15) is 0 Å². The second-order valence-electron chi connectivity index (χ2n) is 2.07. The fourth-order valence-corrected chi connectivity index (χ4v) is 0. The smallest absolute Gasteiger partial charge is 0.300 e. The van der Waals surface area contributed by atoms with E-state index in [0.29, 0.717) is 5.92 Å². The Bertz CT molecular complexity index is 67.5. The van der Waals surface area contributed by atoms with Crippen molar-refractivity contribution in [3.63, 3.8) is 0 Å². The van der Waals surface area contributed by atoms with Crippen LogP contribution in [0.25, 0.3) is 0 Å². The maximum absolute atomic E-state index is 9.00. The van der Waals surface area contributed by atoms with Crippen LogP contribution in [-0.4, -0.2) is 17.0 Å². The Morgan fingerprint density at radius 1 is 1.67 bits per heavy atom. The molecule has 1 N–H and O–H groups in total. The van der Waals surface area contributed by atoms with Crippen molar-refractivity contribution in [3.8, 4) is 0 Å². The lowest BCUT2D eigenvalue weighted by molar-refractivity contribution is -0.134. The molecule has 0 heterocycles. The van der Waals surface area contributed by atoms with Crippen LogP contribution in [0.15, 0.2) is 0 Å². The average molecular weight is 153 g/mol. The number of carboxylic acid groups (broad SMARTS) is 1. The predicted molar refractivity (Wildman–Crippen MR) is 38.9 cm³/mol. The van der Waals surface area contributed by atoms with Crippen molar-refractivity contribution in [2.45, 2.75) is 20.8 Å². The summed E-state index contributed by atoms with van der Waals surface area (Å²) in [5.74, 6) is 0.594. The molecule has 9 heavy (non-hydrogen) atoms. The molecule has 0 aromatic carbocycles. The predicted octanol–water partition coefficient (Wildman–Crippen LogP) is 1.97. The van der Waals surface area contributed by atoms with Gasteiger partial charge in [0.1, 0.15) is 0 Å². The number of aliphatic carboxylic acids is 1. The van der Waals surface area contributed by atoms with Crippen molar-refractivity contribution in [2.24, 2.45) is 5.92 Å². The minimum atomic E-state index is -0.833. The van der Waals surface area contributed by atoms with Crippen LogP contribution in [0.5, 0.6) is 0 Å². The van der Waals surface area contributed by atoms with Gasteiger partial charge in [-0.15, -0.1) is 11.6 Å². The largest absolute Gasteiger partial charge is 0.481 e. The SMILES string of the molecule is CC(=O)O.CC(C)CCl. The Labute approximate surface area is 60.8 Å². The molecule has 0 fully saturated rings. The van der Waals surface area contributed by atoms with Crippen molar-refractivity contribution in [1.29, 1.82) is 0 Å². The maximum Gasteiger partial charge on any atom is 0.300 e. The first kappa shape index (κ1) is 11.5. The Kier molecular flexibility index (Phi) is 9.95. The monoisotopic (exact) mass is 152 g/mol. The third kappa shape index (κ3) is 83.1. The van der Waals surface area contributed by atoms with E-state index in [4.69, 9.17) is 21.5 Å². The summed E-state index contributed by atoms with van der Waals surface area (Å²) in [5, 5.41) is 7.42. The van der Waals surface area contributed by atoms with Crippen molar-refractivity contribution >= 4 is 17.6 Å². The second-order valence-corrected chi connectivity index (χ2v) is 2.38. The molecule has 0 saturated heterocycles. The highest BCUT2D eigenvalue weighted by atomic mass is 35.5. The van der Waals surface area contributed by atoms with Crippen LogP contribution >= 0.6 is 11.6 Å². The molecule has 0 aliphatic carbocycles. The van der Waals surface area contributed by atoms with E-state index < -0.39 is 5.97 Å². The van der Waals surface area contributed by atoms with E-state index >= 15 is 0 Å². The molecule has 0 aromatic heterocycles. The van der Waals surface area contributed by atoms with Gasteiger partial charge in [0, 0.05) is 12.8 Å². The van der Waals surface area contributed by atoms with Gasteiger partial charge in [0.2, 0.25) is 0 Å². The lowest BCUT2D eigenvalue weighted by atomic mass is 10.3. The zero-order chi connectivity index (χ0) is 7.86. The van der Waals surface area contributed by atoms with Gasteiger partial charge >= 0.3 is 0 Å². The molecule has 2 nitrogen and oxygen atoms in total. The van der Waals surface area contributed by atoms with Gasteiger partial charge in [-0.05, 0) is 5.92 Å². The van der Waals surface area contributed by atoms with Crippen LogP contribution in [0.4, 0.5) is 0 Å². The van der Waals surface area contributed by atoms with Gasteiger partial charge in [-0.25, -0.2) is 0 Å². The summed E-state index contributed by atoms with van der Waals surface area (Å²) in [4.78, 5) is 9.00. The fourth-order valence-electron chi connectivity index (χ4n) is 0. The van der Waals surface area contributed by atoms with Crippen molar-refractivity contribution < 1.29 is 9.90 Å². The Hall–Kier alpha value is -0.240. The molecule has 0 bridgehead atoms. The summed E-state index contributed by atoms with van der Waals surface area (Å²) >= 11 is 5.34. The van der Waals surface area contributed by atoms with Crippen LogP contribution in [0, 0.1) is 5.92 Å². The third-order valence-corrected chi connectivity index (χ3v) is 0.926. The molecule has 0 amide bonds. The molecule has 0 aromatic rings. The van der Waals surface area contributed by atoms with Crippen molar-refractivity contribution in [1.82, 2.24) is 0 Å². The minimum Gasteiger partial charge on any atom is -0.481 e. The minimum absolute atomic E-state index is 0.650. The van der Waals surface area contributed by atoms with Gasteiger partial charge in [0.25, 0.3) is 5.97 Å². The van der Waals surface area contributed by atoms with E-state index in [1.165, 1.54) is 0 Å². The second kappa shape index (κ2) is 7.76. The Morgan fingerprint density at radius 2 is 1.78 bits per heavy atom. The number of carbonyl (C=O) groups is 1. The number of carboxylic acids is 1. The zero-order valence-electron chi connectivity index (χ0n) is 6.02. The first-order chi connectivity index (χ1) is 4.00. The highest BCUT2D eigenvalue weighted by Crippen LogP contribution is 1.91. The van der Waals surface area contributed by atoms with E-state index in [-0.39, 0.29) is 0 Å². The highest BCUT2D eigenvalue weighted by Gasteiger charge is 1.82. The Balaban J connectivity index is 0. The highest BCUT2D eigenvalue weighted by molar-refractivity contribution is 6.17. The molecule has 0 unspecified atom stereocenters.